The van der Waals surface area contributed by atoms with E-state index in [4.69, 9.17) is 18.9 Å². The monoisotopic (exact) mass is 1070 g/mol. The van der Waals surface area contributed by atoms with Gasteiger partial charge >= 0.3 is 11.9 Å². The van der Waals surface area contributed by atoms with E-state index in [1.54, 1.807) is 50.2 Å². The number of phenols is 2. The van der Waals surface area contributed by atoms with Crippen molar-refractivity contribution in [1.29, 1.82) is 0 Å². The van der Waals surface area contributed by atoms with Gasteiger partial charge in [0.1, 0.15) is 46.0 Å². The van der Waals surface area contributed by atoms with Crippen LogP contribution in [0.4, 0.5) is 0 Å². The minimum Gasteiger partial charge on any atom is -0.508 e. The van der Waals surface area contributed by atoms with Crippen LogP contribution >= 0.6 is 0 Å². The van der Waals surface area contributed by atoms with E-state index < -0.39 is 11.9 Å². The molecule has 2 aliphatic rings. The summed E-state index contributed by atoms with van der Waals surface area (Å²) in [6, 6.07) is 76.3. The maximum atomic E-state index is 12.3. The van der Waals surface area contributed by atoms with Gasteiger partial charge in [-0.25, -0.2) is 9.59 Å². The van der Waals surface area contributed by atoms with Crippen LogP contribution in [-0.4, -0.2) is 22.2 Å². The Kier molecular flexibility index (Phi) is 12.9. The first kappa shape index (κ1) is 50.8. The molecule has 0 radical (unpaired) electrons. The molecule has 0 saturated carbocycles. The molecule has 0 bridgehead atoms. The minimum absolute atomic E-state index is 0.0879. The number of benzene rings is 12. The fourth-order valence-corrected chi connectivity index (χ4v) is 11.5. The molecule has 0 unspecified atom stereocenters. The lowest BCUT2D eigenvalue weighted by molar-refractivity contribution is -0.130. The molecule has 8 nitrogen and oxygen atoms in total. The number of rotatable bonds is 8. The topological polar surface area (TPSA) is 112 Å². The van der Waals surface area contributed by atoms with Crippen molar-refractivity contribution in [1.82, 2.24) is 0 Å². The number of esters is 2. The third-order valence-electron chi connectivity index (χ3n) is 15.4. The van der Waals surface area contributed by atoms with Crippen molar-refractivity contribution >= 4 is 55.0 Å². The number of ether oxygens (including phenoxy) is 4. The summed E-state index contributed by atoms with van der Waals surface area (Å²) in [7, 11) is 0. The van der Waals surface area contributed by atoms with Crippen molar-refractivity contribution in [3.05, 3.63) is 288 Å². The van der Waals surface area contributed by atoms with E-state index in [0.717, 1.165) is 116 Å². The first-order valence-corrected chi connectivity index (χ1v) is 27.0. The number of hydrogen-bond acceptors (Lipinski definition) is 8. The van der Waals surface area contributed by atoms with Crippen molar-refractivity contribution < 1.29 is 38.7 Å². The molecular formula is C74H52O8. The van der Waals surface area contributed by atoms with E-state index in [0.29, 0.717) is 22.6 Å². The van der Waals surface area contributed by atoms with Crippen molar-refractivity contribution in [2.24, 2.45) is 0 Å². The Morgan fingerprint density at radius 3 is 1.00 bits per heavy atom. The summed E-state index contributed by atoms with van der Waals surface area (Å²) in [5.74, 6) is 3.31. The predicted octanol–water partition coefficient (Wildman–Crippen LogP) is 18.3. The highest BCUT2D eigenvalue weighted by Gasteiger charge is 2.34. The van der Waals surface area contributed by atoms with Gasteiger partial charge in [-0.2, -0.15) is 0 Å². The Bertz CT molecular complexity index is 4360. The van der Waals surface area contributed by atoms with Gasteiger partial charge in [0.2, 0.25) is 0 Å². The van der Waals surface area contributed by atoms with E-state index in [9.17, 15) is 19.8 Å². The summed E-state index contributed by atoms with van der Waals surface area (Å²) in [6.07, 6.45) is 0. The summed E-state index contributed by atoms with van der Waals surface area (Å²) < 4.78 is 24.2. The van der Waals surface area contributed by atoms with Crippen LogP contribution in [-0.2, 0) is 9.59 Å². The van der Waals surface area contributed by atoms with Gasteiger partial charge in [0, 0.05) is 45.2 Å². The third kappa shape index (κ3) is 9.42. The summed E-state index contributed by atoms with van der Waals surface area (Å²) in [6.45, 7) is 10.6. The molecule has 2 N–H and O–H groups in total. The molecule has 14 rings (SSSR count). The Balaban J connectivity index is 0.000000158. The Hall–Kier alpha value is -10.7. The highest BCUT2D eigenvalue weighted by molar-refractivity contribution is 5.99. The second kappa shape index (κ2) is 20.8. The number of aromatic hydroxyl groups is 2. The summed E-state index contributed by atoms with van der Waals surface area (Å²) in [5.41, 5.74) is 11.7. The average Bonchev–Trinajstić information content (AvgIpc) is 2.61. The van der Waals surface area contributed by atoms with E-state index >= 15 is 0 Å². The first-order valence-electron chi connectivity index (χ1n) is 27.0. The smallest absolute Gasteiger partial charge is 0.338 e. The molecule has 0 fully saturated rings. The highest BCUT2D eigenvalue weighted by Crippen LogP contribution is 2.55. The van der Waals surface area contributed by atoms with E-state index in [2.05, 4.69) is 98.1 Å². The quantitative estimate of drug-likeness (QED) is 0.0879. The largest absolute Gasteiger partial charge is 0.508 e. The lowest BCUT2D eigenvalue weighted by Crippen LogP contribution is -2.13. The Morgan fingerprint density at radius 1 is 0.366 bits per heavy atom. The highest BCUT2D eigenvalue weighted by atomic mass is 16.5. The molecule has 2 aliphatic heterocycles. The Labute approximate surface area is 473 Å². The molecule has 0 amide bonds. The lowest BCUT2D eigenvalue weighted by Gasteiger charge is -2.31. The molecule has 0 aromatic heterocycles. The zero-order valence-electron chi connectivity index (χ0n) is 44.9. The normalized spacial score (nSPS) is 12.4. The molecule has 8 heteroatoms. The van der Waals surface area contributed by atoms with Crippen molar-refractivity contribution in [2.45, 2.75) is 25.7 Å². The maximum Gasteiger partial charge on any atom is 0.338 e. The summed E-state index contributed by atoms with van der Waals surface area (Å²) in [4.78, 5) is 24.5. The van der Waals surface area contributed by atoms with Crippen LogP contribution in [0.1, 0.15) is 59.1 Å². The zero-order valence-corrected chi connectivity index (χ0v) is 44.9. The van der Waals surface area contributed by atoms with Gasteiger partial charge in [0.05, 0.1) is 0 Å². The number of fused-ring (bicyclic) bond motifs is 12. The fraction of sp³-hybridized carbons (Fsp3) is 0.0541. The van der Waals surface area contributed by atoms with Gasteiger partial charge in [-0.1, -0.05) is 171 Å². The second-order valence-corrected chi connectivity index (χ2v) is 20.9. The number of carbonyl (C=O) groups excluding carboxylic acids is 2. The van der Waals surface area contributed by atoms with Gasteiger partial charge in [-0.15, -0.1) is 0 Å². The van der Waals surface area contributed by atoms with Crippen molar-refractivity contribution in [2.75, 3.05) is 0 Å². The summed E-state index contributed by atoms with van der Waals surface area (Å²) in [5, 5.41) is 28.1. The van der Waals surface area contributed by atoms with Crippen LogP contribution in [0.2, 0.25) is 0 Å². The molecule has 12 aromatic carbocycles. The van der Waals surface area contributed by atoms with Crippen molar-refractivity contribution in [3.8, 4) is 68.2 Å². The number of phenolic OH excluding ortho intramolecular Hbond substituents is 2. The lowest BCUT2D eigenvalue weighted by atomic mass is 9.78. The molecule has 12 aromatic rings. The molecule has 2 heterocycles. The molecule has 82 heavy (non-hydrogen) atoms. The molecule has 0 atom stereocenters. The standard InChI is InChI=1S/C41H30O5.C33H22O3/c1-24(2)40(42)44-31-16-18-33-29(22-31)14-20-35-38(33)37(28-12-10-27(11-13-28)26-8-6-5-7-9-26)39-34-19-17-32(45-41(43)25(3)4)23-30(34)15-21-36(39)46-35;34-25-12-14-27-23(18-25)10-16-29-32(27)31(22-8-6-21(7-9-22)20-4-2-1-3-5-20)33-28-15-13-26(35)19-24(28)11-17-30(33)36-29/h5-23,37H,1,3H2,2,4H3;1-19,31,34-35H. The number of carbonyl (C=O) groups is 2. The van der Waals surface area contributed by atoms with Gasteiger partial charge in [-0.3, -0.25) is 0 Å². The van der Waals surface area contributed by atoms with Crippen LogP contribution in [0.25, 0.3) is 65.3 Å². The second-order valence-electron chi connectivity index (χ2n) is 20.9. The molecular weight excluding hydrogens is 1020 g/mol. The minimum atomic E-state index is -0.467. The van der Waals surface area contributed by atoms with Crippen LogP contribution in [0, 0.1) is 0 Å². The van der Waals surface area contributed by atoms with E-state index in [-0.39, 0.29) is 23.3 Å². The van der Waals surface area contributed by atoms with Crippen LogP contribution in [0.15, 0.2) is 255 Å². The predicted molar refractivity (Wildman–Crippen MR) is 326 cm³/mol. The molecule has 0 saturated heterocycles. The molecule has 0 spiro atoms. The number of hydrogen-bond donors (Lipinski definition) is 2. The molecule has 396 valence electrons. The van der Waals surface area contributed by atoms with E-state index in [1.165, 1.54) is 5.56 Å². The van der Waals surface area contributed by atoms with Crippen molar-refractivity contribution in [3.63, 3.8) is 0 Å². The molecule has 0 aliphatic carbocycles. The zero-order chi connectivity index (χ0) is 56.2. The first-order chi connectivity index (χ1) is 39.9. The maximum absolute atomic E-state index is 12.3. The van der Waals surface area contributed by atoms with Gasteiger partial charge in [0.15, 0.2) is 0 Å². The third-order valence-corrected chi connectivity index (χ3v) is 15.4. The van der Waals surface area contributed by atoms with Gasteiger partial charge in [-0.05, 0) is 163 Å². The fourth-order valence-electron chi connectivity index (χ4n) is 11.5. The summed E-state index contributed by atoms with van der Waals surface area (Å²) >= 11 is 0. The SMILES string of the molecule is C=C(C)C(=O)Oc1ccc2c3c(ccc2c1)Oc1ccc2cc(OC(=O)C(=C)C)ccc2c1C3c1ccc(-c2ccccc2)cc1.Oc1ccc2c3c(ccc2c1)Oc1ccc2cc(O)ccc2c1C3c1ccc(-c2ccccc2)cc1. The average molecular weight is 1070 g/mol. The van der Waals surface area contributed by atoms with Gasteiger partial charge in [0.25, 0.3) is 0 Å². The van der Waals surface area contributed by atoms with Crippen LogP contribution in [0.3, 0.4) is 0 Å². The van der Waals surface area contributed by atoms with Gasteiger partial charge < -0.3 is 29.2 Å². The Morgan fingerprint density at radius 2 is 0.671 bits per heavy atom. The van der Waals surface area contributed by atoms with Crippen LogP contribution < -0.4 is 18.9 Å². The van der Waals surface area contributed by atoms with E-state index in [1.807, 2.05) is 109 Å². The van der Waals surface area contributed by atoms with Crippen LogP contribution in [0.5, 0.6) is 46.0 Å².